The van der Waals surface area contributed by atoms with Crippen molar-refractivity contribution >= 4 is 11.9 Å². The highest BCUT2D eigenvalue weighted by Gasteiger charge is 2.19. The fourth-order valence-electron chi connectivity index (χ4n) is 2.10. The van der Waals surface area contributed by atoms with Gasteiger partial charge in [0, 0.05) is 12.5 Å². The largest absolute Gasteiger partial charge is 0.468 e. The summed E-state index contributed by atoms with van der Waals surface area (Å²) in [6.45, 7) is 5.89. The van der Waals surface area contributed by atoms with Crippen molar-refractivity contribution in [2.24, 2.45) is 0 Å². The van der Waals surface area contributed by atoms with Crippen molar-refractivity contribution in [1.29, 1.82) is 0 Å². The van der Waals surface area contributed by atoms with Gasteiger partial charge in [-0.05, 0) is 39.2 Å². The van der Waals surface area contributed by atoms with Gasteiger partial charge in [-0.2, -0.15) is 0 Å². The summed E-state index contributed by atoms with van der Waals surface area (Å²) in [5.41, 5.74) is 2.47. The molecule has 116 valence electrons. The van der Waals surface area contributed by atoms with Crippen LogP contribution in [0.15, 0.2) is 24.3 Å². The molecule has 0 aliphatic rings. The third-order valence-electron chi connectivity index (χ3n) is 3.45. The summed E-state index contributed by atoms with van der Waals surface area (Å²) in [5.74, 6) is -0.377. The average Bonchev–Trinajstić information content (AvgIpc) is 2.46. The summed E-state index contributed by atoms with van der Waals surface area (Å²) in [7, 11) is 1.34. The third kappa shape index (κ3) is 5.98. The maximum atomic E-state index is 12.2. The first kappa shape index (κ1) is 17.2. The maximum Gasteiger partial charge on any atom is 0.325 e. The highest BCUT2D eigenvalue weighted by Crippen LogP contribution is 2.10. The fraction of sp³-hybridized carbons (Fsp3) is 0.529. The molecule has 0 unspecified atom stereocenters. The Kier molecular flexibility index (Phi) is 6.92. The molecule has 0 spiro atoms. The minimum absolute atomic E-state index is 0.00233. The molecule has 0 N–H and O–H groups in total. The van der Waals surface area contributed by atoms with E-state index in [2.05, 4.69) is 35.9 Å². The molecule has 1 aromatic rings. The number of amides is 1. The van der Waals surface area contributed by atoms with Crippen molar-refractivity contribution < 1.29 is 14.3 Å². The second-order valence-electron chi connectivity index (χ2n) is 5.53. The molecule has 4 heteroatoms. The molecule has 0 saturated heterocycles. The Morgan fingerprint density at radius 2 is 1.81 bits per heavy atom. The molecule has 4 nitrogen and oxygen atoms in total. The lowest BCUT2D eigenvalue weighted by atomic mass is 10.1. The van der Waals surface area contributed by atoms with Crippen molar-refractivity contribution in [2.75, 3.05) is 13.7 Å². The summed E-state index contributed by atoms with van der Waals surface area (Å²) in [6.07, 6.45) is 2.10. The lowest BCUT2D eigenvalue weighted by Gasteiger charge is -2.25. The van der Waals surface area contributed by atoms with E-state index in [9.17, 15) is 9.59 Å². The number of benzene rings is 1. The van der Waals surface area contributed by atoms with Crippen LogP contribution in [0, 0.1) is 6.92 Å². The number of nitrogens with zero attached hydrogens (tertiary/aromatic N) is 1. The minimum Gasteiger partial charge on any atom is -0.468 e. The van der Waals surface area contributed by atoms with Crippen LogP contribution in [0.5, 0.6) is 0 Å². The van der Waals surface area contributed by atoms with Gasteiger partial charge in [0.1, 0.15) is 6.54 Å². The Balaban J connectivity index is 2.46. The molecule has 0 atom stereocenters. The van der Waals surface area contributed by atoms with Crippen LogP contribution in [0.25, 0.3) is 0 Å². The molecule has 0 heterocycles. The Morgan fingerprint density at radius 1 is 1.19 bits per heavy atom. The van der Waals surface area contributed by atoms with Gasteiger partial charge in [0.2, 0.25) is 5.91 Å². The average molecular weight is 291 g/mol. The Hall–Kier alpha value is -1.84. The number of carbonyl (C=O) groups is 2. The molecule has 0 aliphatic carbocycles. The van der Waals surface area contributed by atoms with Gasteiger partial charge in [-0.25, -0.2) is 0 Å². The zero-order chi connectivity index (χ0) is 15.8. The highest BCUT2D eigenvalue weighted by molar-refractivity contribution is 5.82. The Labute approximate surface area is 127 Å². The van der Waals surface area contributed by atoms with Gasteiger partial charge >= 0.3 is 5.97 Å². The monoisotopic (exact) mass is 291 g/mol. The quantitative estimate of drug-likeness (QED) is 0.726. The SMILES string of the molecule is COC(=O)CN(C(=O)CCCc1ccc(C)cc1)C(C)C. The van der Waals surface area contributed by atoms with Crippen molar-refractivity contribution in [2.45, 2.75) is 46.1 Å². The Morgan fingerprint density at radius 3 is 2.33 bits per heavy atom. The zero-order valence-corrected chi connectivity index (χ0v) is 13.4. The molecule has 0 radical (unpaired) electrons. The van der Waals surface area contributed by atoms with Crippen molar-refractivity contribution in [1.82, 2.24) is 4.90 Å². The molecule has 0 saturated carbocycles. The summed E-state index contributed by atoms with van der Waals surface area (Å²) in [5, 5.41) is 0. The topological polar surface area (TPSA) is 46.6 Å². The van der Waals surface area contributed by atoms with Crippen molar-refractivity contribution in [3.8, 4) is 0 Å². The van der Waals surface area contributed by atoms with E-state index < -0.39 is 0 Å². The van der Waals surface area contributed by atoms with E-state index in [0.717, 1.165) is 12.8 Å². The molecule has 0 aliphatic heterocycles. The zero-order valence-electron chi connectivity index (χ0n) is 13.4. The second kappa shape index (κ2) is 8.45. The van der Waals surface area contributed by atoms with Crippen LogP contribution in [0.3, 0.4) is 0 Å². The van der Waals surface area contributed by atoms with Gasteiger partial charge in [-0.3, -0.25) is 9.59 Å². The third-order valence-corrected chi connectivity index (χ3v) is 3.45. The van der Waals surface area contributed by atoms with Gasteiger partial charge in [0.25, 0.3) is 0 Å². The lowest BCUT2D eigenvalue weighted by Crippen LogP contribution is -2.41. The number of rotatable bonds is 7. The number of carbonyl (C=O) groups excluding carboxylic acids is 2. The predicted molar refractivity (Wildman–Crippen MR) is 83.0 cm³/mol. The van der Waals surface area contributed by atoms with Crippen molar-refractivity contribution in [3.63, 3.8) is 0 Å². The molecule has 21 heavy (non-hydrogen) atoms. The summed E-state index contributed by atoms with van der Waals surface area (Å²) < 4.78 is 4.63. The first-order chi connectivity index (χ1) is 9.93. The van der Waals surface area contributed by atoms with Gasteiger partial charge in [0.15, 0.2) is 0 Å². The molecule has 1 amide bonds. The summed E-state index contributed by atoms with van der Waals surface area (Å²) >= 11 is 0. The molecule has 0 bridgehead atoms. The van der Waals surface area contributed by atoms with Crippen LogP contribution < -0.4 is 0 Å². The Bertz CT molecular complexity index is 465. The number of hydrogen-bond acceptors (Lipinski definition) is 3. The van der Waals surface area contributed by atoms with E-state index in [0.29, 0.717) is 6.42 Å². The summed E-state index contributed by atoms with van der Waals surface area (Å²) in [4.78, 5) is 25.1. The van der Waals surface area contributed by atoms with Gasteiger partial charge in [-0.15, -0.1) is 0 Å². The highest BCUT2D eigenvalue weighted by atomic mass is 16.5. The smallest absolute Gasteiger partial charge is 0.325 e. The molecule has 0 fully saturated rings. The summed E-state index contributed by atoms with van der Waals surface area (Å²) in [6, 6.07) is 8.34. The number of methoxy groups -OCH3 is 1. The first-order valence-electron chi connectivity index (χ1n) is 7.36. The standard InChI is InChI=1S/C17H25NO3/c1-13(2)18(12-17(20)21-4)16(19)7-5-6-15-10-8-14(3)9-11-15/h8-11,13H,5-7,12H2,1-4H3. The predicted octanol–water partition coefficient (Wildman–Crippen LogP) is 2.73. The van der Waals surface area contributed by atoms with E-state index in [-0.39, 0.29) is 24.5 Å². The molecule has 0 aromatic heterocycles. The number of hydrogen-bond donors (Lipinski definition) is 0. The van der Waals surface area contributed by atoms with Crippen molar-refractivity contribution in [3.05, 3.63) is 35.4 Å². The molecule has 1 rings (SSSR count). The molecular formula is C17H25NO3. The van der Waals surface area contributed by atoms with Crippen LogP contribution in [0.4, 0.5) is 0 Å². The van der Waals surface area contributed by atoms with Crippen LogP contribution in [0.1, 0.15) is 37.8 Å². The van der Waals surface area contributed by atoms with Crippen LogP contribution in [-0.2, 0) is 20.7 Å². The lowest BCUT2D eigenvalue weighted by molar-refractivity contribution is -0.148. The van der Waals surface area contributed by atoms with E-state index in [1.165, 1.54) is 18.2 Å². The van der Waals surface area contributed by atoms with Gasteiger partial charge in [-0.1, -0.05) is 29.8 Å². The first-order valence-corrected chi connectivity index (χ1v) is 7.36. The normalized spacial score (nSPS) is 10.5. The number of aryl methyl sites for hydroxylation is 2. The second-order valence-corrected chi connectivity index (χ2v) is 5.53. The van der Waals surface area contributed by atoms with Gasteiger partial charge < -0.3 is 9.64 Å². The molecule has 1 aromatic carbocycles. The fourth-order valence-corrected chi connectivity index (χ4v) is 2.10. The van der Waals surface area contributed by atoms with E-state index >= 15 is 0 Å². The number of ether oxygens (including phenoxy) is 1. The molecular weight excluding hydrogens is 266 g/mol. The van der Waals surface area contributed by atoms with E-state index in [1.807, 2.05) is 13.8 Å². The van der Waals surface area contributed by atoms with E-state index in [1.54, 1.807) is 4.90 Å². The maximum absolute atomic E-state index is 12.2. The van der Waals surface area contributed by atoms with E-state index in [4.69, 9.17) is 0 Å². The minimum atomic E-state index is -0.379. The van der Waals surface area contributed by atoms with Crippen LogP contribution in [0.2, 0.25) is 0 Å². The van der Waals surface area contributed by atoms with Crippen LogP contribution in [-0.4, -0.2) is 36.5 Å². The van der Waals surface area contributed by atoms with Crippen LogP contribution >= 0.6 is 0 Å². The number of esters is 1. The van der Waals surface area contributed by atoms with Gasteiger partial charge in [0.05, 0.1) is 7.11 Å².